The van der Waals surface area contributed by atoms with Gasteiger partial charge in [-0.25, -0.2) is 14.8 Å². The number of carboxylic acid groups (broad SMARTS) is 1. The molecule has 4 N–H and O–H groups in total. The van der Waals surface area contributed by atoms with Gasteiger partial charge in [0.2, 0.25) is 5.91 Å². The predicted octanol–water partition coefficient (Wildman–Crippen LogP) is -0.928. The molecular formula is C7H8N4O3. The second kappa shape index (κ2) is 4.17. The van der Waals surface area contributed by atoms with E-state index in [-0.39, 0.29) is 17.9 Å². The largest absolute Gasteiger partial charge is 0.477 e. The van der Waals surface area contributed by atoms with Crippen molar-refractivity contribution in [2.75, 3.05) is 11.9 Å². The molecule has 0 saturated carbocycles. The monoisotopic (exact) mass is 196 g/mol. The molecule has 1 aromatic rings. The number of nitrogens with zero attached hydrogens (tertiary/aromatic N) is 2. The third-order valence-electron chi connectivity index (χ3n) is 1.37. The molecule has 0 aliphatic heterocycles. The van der Waals surface area contributed by atoms with Gasteiger partial charge in [0.05, 0.1) is 6.54 Å². The predicted molar refractivity (Wildman–Crippen MR) is 46.7 cm³/mol. The van der Waals surface area contributed by atoms with Gasteiger partial charge in [-0.1, -0.05) is 0 Å². The second-order valence-electron chi connectivity index (χ2n) is 2.41. The van der Waals surface area contributed by atoms with Crippen molar-refractivity contribution in [3.63, 3.8) is 0 Å². The lowest BCUT2D eigenvalue weighted by Crippen LogP contribution is -2.23. The van der Waals surface area contributed by atoms with Crippen LogP contribution >= 0.6 is 0 Å². The highest BCUT2D eigenvalue weighted by atomic mass is 16.4. The topological polar surface area (TPSA) is 118 Å². The summed E-state index contributed by atoms with van der Waals surface area (Å²) in [4.78, 5) is 28.3. The molecule has 0 saturated heterocycles. The van der Waals surface area contributed by atoms with Gasteiger partial charge in [-0.15, -0.1) is 0 Å². The summed E-state index contributed by atoms with van der Waals surface area (Å²) in [5.74, 6) is -1.69. The molecule has 0 spiro atoms. The lowest BCUT2D eigenvalue weighted by atomic mass is 10.3. The Hall–Kier alpha value is -2.18. The number of carboxylic acids is 1. The Morgan fingerprint density at radius 3 is 2.86 bits per heavy atom. The number of aromatic nitrogens is 2. The fraction of sp³-hybridized carbons (Fsp3) is 0.143. The molecule has 1 amide bonds. The first-order valence-corrected chi connectivity index (χ1v) is 3.66. The fourth-order valence-electron chi connectivity index (χ4n) is 0.798. The van der Waals surface area contributed by atoms with Crippen molar-refractivity contribution in [3.8, 4) is 0 Å². The van der Waals surface area contributed by atoms with E-state index in [1.807, 2.05) is 0 Å². The molecule has 1 rings (SSSR count). The molecule has 14 heavy (non-hydrogen) atoms. The van der Waals surface area contributed by atoms with Gasteiger partial charge in [-0.3, -0.25) is 4.79 Å². The average Bonchev–Trinajstić information content (AvgIpc) is 2.15. The molecule has 0 radical (unpaired) electrons. The van der Waals surface area contributed by atoms with Crippen LogP contribution in [0.4, 0.5) is 5.82 Å². The molecule has 0 aliphatic rings. The van der Waals surface area contributed by atoms with Crippen molar-refractivity contribution in [3.05, 3.63) is 18.1 Å². The van der Waals surface area contributed by atoms with Crippen LogP contribution in [0.3, 0.4) is 0 Å². The quantitative estimate of drug-likeness (QED) is 0.572. The van der Waals surface area contributed by atoms with Crippen LogP contribution in [0.25, 0.3) is 0 Å². The van der Waals surface area contributed by atoms with Crippen molar-refractivity contribution in [2.45, 2.75) is 0 Å². The molecule has 0 bridgehead atoms. The van der Waals surface area contributed by atoms with Gasteiger partial charge >= 0.3 is 5.97 Å². The van der Waals surface area contributed by atoms with Gasteiger partial charge in [0.25, 0.3) is 0 Å². The Bertz CT molecular complexity index is 366. The summed E-state index contributed by atoms with van der Waals surface area (Å²) in [6, 6.07) is 0. The average molecular weight is 196 g/mol. The van der Waals surface area contributed by atoms with Crippen LogP contribution < -0.4 is 11.1 Å². The number of carbonyl (C=O) groups excluding carboxylic acids is 1. The number of amides is 1. The number of nitrogens with two attached hydrogens (primary N) is 1. The van der Waals surface area contributed by atoms with Gasteiger partial charge in [0.1, 0.15) is 17.7 Å². The van der Waals surface area contributed by atoms with E-state index in [4.69, 9.17) is 10.8 Å². The molecule has 1 aromatic heterocycles. The highest BCUT2D eigenvalue weighted by molar-refractivity contribution is 5.93. The Kier molecular flexibility index (Phi) is 2.95. The van der Waals surface area contributed by atoms with Crippen molar-refractivity contribution in [1.29, 1.82) is 0 Å². The first-order chi connectivity index (χ1) is 6.61. The van der Waals surface area contributed by atoms with Crippen molar-refractivity contribution >= 4 is 17.7 Å². The van der Waals surface area contributed by atoms with E-state index < -0.39 is 11.9 Å². The third kappa shape index (κ3) is 2.41. The number of rotatable bonds is 4. The lowest BCUT2D eigenvalue weighted by Gasteiger charge is -2.04. The molecule has 1 heterocycles. The Morgan fingerprint density at radius 1 is 1.57 bits per heavy atom. The number of hydrogen-bond donors (Lipinski definition) is 3. The third-order valence-corrected chi connectivity index (χ3v) is 1.37. The maximum atomic E-state index is 10.6. The number of carbonyl (C=O) groups is 2. The normalized spacial score (nSPS) is 9.43. The molecule has 0 unspecified atom stereocenters. The van der Waals surface area contributed by atoms with E-state index in [1.54, 1.807) is 0 Å². The van der Waals surface area contributed by atoms with E-state index in [0.717, 1.165) is 6.20 Å². The summed E-state index contributed by atoms with van der Waals surface area (Å²) in [6.07, 6.45) is 2.31. The zero-order valence-electron chi connectivity index (χ0n) is 7.10. The van der Waals surface area contributed by atoms with E-state index in [9.17, 15) is 9.59 Å². The van der Waals surface area contributed by atoms with E-state index in [0.29, 0.717) is 0 Å². The number of primary amides is 1. The maximum absolute atomic E-state index is 10.6. The zero-order chi connectivity index (χ0) is 10.6. The van der Waals surface area contributed by atoms with Crippen LogP contribution in [-0.4, -0.2) is 33.5 Å². The Balaban J connectivity index is 2.84. The number of anilines is 1. The van der Waals surface area contributed by atoms with E-state index in [1.165, 1.54) is 6.33 Å². The molecular weight excluding hydrogens is 188 g/mol. The highest BCUT2D eigenvalue weighted by Gasteiger charge is 2.10. The molecule has 0 aromatic carbocycles. The molecule has 7 nitrogen and oxygen atoms in total. The molecule has 0 atom stereocenters. The second-order valence-corrected chi connectivity index (χ2v) is 2.41. The SMILES string of the molecule is NC(=O)CNc1ncncc1C(=O)O. The van der Waals surface area contributed by atoms with E-state index >= 15 is 0 Å². The molecule has 0 fully saturated rings. The fourth-order valence-corrected chi connectivity index (χ4v) is 0.798. The summed E-state index contributed by atoms with van der Waals surface area (Å²) in [5, 5.41) is 11.2. The van der Waals surface area contributed by atoms with Crippen LogP contribution in [0.2, 0.25) is 0 Å². The van der Waals surface area contributed by atoms with Crippen LogP contribution in [-0.2, 0) is 4.79 Å². The van der Waals surface area contributed by atoms with Gasteiger partial charge < -0.3 is 16.2 Å². The smallest absolute Gasteiger partial charge is 0.341 e. The van der Waals surface area contributed by atoms with Crippen molar-refractivity contribution < 1.29 is 14.7 Å². The minimum absolute atomic E-state index is 0.0753. The molecule has 74 valence electrons. The van der Waals surface area contributed by atoms with Crippen molar-refractivity contribution in [2.24, 2.45) is 5.73 Å². The molecule has 7 heteroatoms. The van der Waals surface area contributed by atoms with Gasteiger partial charge in [0, 0.05) is 6.20 Å². The number of aromatic carboxylic acids is 1. The molecule has 0 aliphatic carbocycles. The van der Waals surface area contributed by atoms with Crippen LogP contribution in [0, 0.1) is 0 Å². The first kappa shape index (κ1) is 9.90. The van der Waals surface area contributed by atoms with Crippen LogP contribution in [0.15, 0.2) is 12.5 Å². The first-order valence-electron chi connectivity index (χ1n) is 3.66. The van der Waals surface area contributed by atoms with Gasteiger partial charge in [-0.2, -0.15) is 0 Å². The summed E-state index contributed by atoms with van der Waals surface area (Å²) in [6.45, 7) is -0.169. The highest BCUT2D eigenvalue weighted by Crippen LogP contribution is 2.08. The summed E-state index contributed by atoms with van der Waals surface area (Å²) >= 11 is 0. The lowest BCUT2D eigenvalue weighted by molar-refractivity contribution is -0.116. The van der Waals surface area contributed by atoms with Crippen molar-refractivity contribution in [1.82, 2.24) is 9.97 Å². The minimum Gasteiger partial charge on any atom is -0.477 e. The van der Waals surface area contributed by atoms with Gasteiger partial charge in [0.15, 0.2) is 0 Å². The standard InChI is InChI=1S/C7H8N4O3/c8-5(12)2-10-6-4(7(13)14)1-9-3-11-6/h1,3H,2H2,(H2,8,12)(H,13,14)(H,9,10,11). The Labute approximate surface area is 79.0 Å². The zero-order valence-corrected chi connectivity index (χ0v) is 7.10. The van der Waals surface area contributed by atoms with Gasteiger partial charge in [-0.05, 0) is 0 Å². The number of hydrogen-bond acceptors (Lipinski definition) is 5. The summed E-state index contributed by atoms with van der Waals surface area (Å²) in [5.41, 5.74) is 4.77. The maximum Gasteiger partial charge on any atom is 0.341 e. The summed E-state index contributed by atoms with van der Waals surface area (Å²) in [7, 11) is 0. The van der Waals surface area contributed by atoms with E-state index in [2.05, 4.69) is 15.3 Å². The van der Waals surface area contributed by atoms with Crippen LogP contribution in [0.1, 0.15) is 10.4 Å². The van der Waals surface area contributed by atoms with Crippen LogP contribution in [0.5, 0.6) is 0 Å². The summed E-state index contributed by atoms with van der Waals surface area (Å²) < 4.78 is 0. The minimum atomic E-state index is -1.17. The number of nitrogens with one attached hydrogen (secondary N) is 1. The Morgan fingerprint density at radius 2 is 2.29 bits per heavy atom.